The number of piperazine rings is 1. The molecule has 0 aromatic carbocycles. The number of hydrogen-bond acceptors (Lipinski definition) is 3. The number of nitrogens with zero attached hydrogens (tertiary/aromatic N) is 2. The van der Waals surface area contributed by atoms with Crippen LogP contribution in [0.1, 0.15) is 61.3 Å². The second kappa shape index (κ2) is 17.9. The van der Waals surface area contributed by atoms with E-state index in [9.17, 15) is 0 Å². The van der Waals surface area contributed by atoms with Gasteiger partial charge in [0, 0.05) is 32.7 Å². The molecule has 0 radical (unpaired) electrons. The molecule has 2 aliphatic heterocycles. The zero-order valence-electron chi connectivity index (χ0n) is 16.0. The summed E-state index contributed by atoms with van der Waals surface area (Å²) in [5.41, 5.74) is 0. The fraction of sp³-hybridized carbons (Fsp3) is 1.00. The summed E-state index contributed by atoms with van der Waals surface area (Å²) < 4.78 is 0. The van der Waals surface area contributed by atoms with Gasteiger partial charge in [0.2, 0.25) is 0 Å². The smallest absolute Gasteiger partial charge is 0.0107 e. The van der Waals surface area contributed by atoms with E-state index in [0.717, 1.165) is 5.92 Å². The zero-order chi connectivity index (χ0) is 16.5. The first-order valence-corrected chi connectivity index (χ1v) is 9.54. The van der Waals surface area contributed by atoms with Gasteiger partial charge in [-0.05, 0) is 38.4 Å². The highest BCUT2D eigenvalue weighted by atomic mass is 15.2. The predicted octanol–water partition coefficient (Wildman–Crippen LogP) is 3.70. The summed E-state index contributed by atoms with van der Waals surface area (Å²) in [4.78, 5) is 5.22. The lowest BCUT2D eigenvalue weighted by atomic mass is 9.96. The van der Waals surface area contributed by atoms with E-state index in [-0.39, 0.29) is 0 Å². The van der Waals surface area contributed by atoms with Crippen LogP contribution < -0.4 is 5.32 Å². The minimum absolute atomic E-state index is 0.964. The summed E-state index contributed by atoms with van der Waals surface area (Å²) in [6.45, 7) is 24.4. The van der Waals surface area contributed by atoms with Crippen molar-refractivity contribution in [1.29, 1.82) is 0 Å². The third-order valence-electron chi connectivity index (χ3n) is 3.88. The summed E-state index contributed by atoms with van der Waals surface area (Å²) in [7, 11) is 0. The molecule has 0 bridgehead atoms. The van der Waals surface area contributed by atoms with Gasteiger partial charge < -0.3 is 15.1 Å². The van der Waals surface area contributed by atoms with E-state index in [1.165, 1.54) is 65.2 Å². The Morgan fingerprint density at radius 2 is 1.24 bits per heavy atom. The van der Waals surface area contributed by atoms with Gasteiger partial charge in [0.15, 0.2) is 0 Å². The standard InChI is InChI=1S/C12H25N3.3C2H6/c1-2-14-7-3-12(4-8-14)11-15-9-5-13-6-10-15;3*1-2/h12-13H,2-11H2,1H3;3*1-2H3. The van der Waals surface area contributed by atoms with E-state index in [0.29, 0.717) is 0 Å². The third-order valence-corrected chi connectivity index (χ3v) is 3.88. The average Bonchev–Trinajstić information content (AvgIpc) is 2.62. The van der Waals surface area contributed by atoms with Crippen molar-refractivity contribution in [3.05, 3.63) is 0 Å². The first-order valence-electron chi connectivity index (χ1n) is 9.54. The molecule has 0 unspecified atom stereocenters. The van der Waals surface area contributed by atoms with Crippen molar-refractivity contribution in [1.82, 2.24) is 15.1 Å². The lowest BCUT2D eigenvalue weighted by Crippen LogP contribution is -2.46. The molecule has 130 valence electrons. The fourth-order valence-corrected chi connectivity index (χ4v) is 2.74. The van der Waals surface area contributed by atoms with Crippen molar-refractivity contribution < 1.29 is 0 Å². The number of rotatable bonds is 3. The van der Waals surface area contributed by atoms with E-state index in [1.807, 2.05) is 41.5 Å². The predicted molar refractivity (Wildman–Crippen MR) is 98.2 cm³/mol. The fourth-order valence-electron chi connectivity index (χ4n) is 2.74. The van der Waals surface area contributed by atoms with E-state index in [1.54, 1.807) is 0 Å². The van der Waals surface area contributed by atoms with Crippen LogP contribution in [0, 0.1) is 5.92 Å². The van der Waals surface area contributed by atoms with Crippen LogP contribution in [0.15, 0.2) is 0 Å². The maximum atomic E-state index is 3.42. The first-order chi connectivity index (χ1) is 10.4. The molecule has 2 aliphatic rings. The van der Waals surface area contributed by atoms with Crippen LogP contribution in [-0.4, -0.2) is 62.2 Å². The lowest BCUT2D eigenvalue weighted by Gasteiger charge is -2.35. The molecule has 3 nitrogen and oxygen atoms in total. The quantitative estimate of drug-likeness (QED) is 0.857. The molecular weight excluding hydrogens is 258 g/mol. The van der Waals surface area contributed by atoms with Crippen molar-refractivity contribution in [3.63, 3.8) is 0 Å². The van der Waals surface area contributed by atoms with Crippen LogP contribution in [0.25, 0.3) is 0 Å². The maximum absolute atomic E-state index is 3.42. The molecule has 0 atom stereocenters. The topological polar surface area (TPSA) is 18.5 Å². The highest BCUT2D eigenvalue weighted by molar-refractivity contribution is 4.76. The molecule has 0 saturated carbocycles. The molecule has 0 amide bonds. The first kappa shape index (κ1) is 23.2. The number of piperidine rings is 1. The van der Waals surface area contributed by atoms with Gasteiger partial charge in [-0.15, -0.1) is 0 Å². The van der Waals surface area contributed by atoms with Gasteiger partial charge in [-0.1, -0.05) is 48.5 Å². The van der Waals surface area contributed by atoms with Crippen LogP contribution in [-0.2, 0) is 0 Å². The normalized spacial score (nSPS) is 20.1. The van der Waals surface area contributed by atoms with Crippen LogP contribution in [0.5, 0.6) is 0 Å². The van der Waals surface area contributed by atoms with E-state index in [2.05, 4.69) is 22.0 Å². The Morgan fingerprint density at radius 3 is 1.67 bits per heavy atom. The van der Waals surface area contributed by atoms with Gasteiger partial charge in [0.05, 0.1) is 0 Å². The SMILES string of the molecule is CC.CC.CC.CCN1CCC(CN2CCNCC2)CC1. The third kappa shape index (κ3) is 11.1. The van der Waals surface area contributed by atoms with Crippen LogP contribution >= 0.6 is 0 Å². The minimum atomic E-state index is 0.964. The van der Waals surface area contributed by atoms with Crippen molar-refractivity contribution in [2.45, 2.75) is 61.3 Å². The van der Waals surface area contributed by atoms with Crippen LogP contribution in [0.2, 0.25) is 0 Å². The summed E-state index contributed by atoms with van der Waals surface area (Å²) >= 11 is 0. The largest absolute Gasteiger partial charge is 0.314 e. The maximum Gasteiger partial charge on any atom is 0.0107 e. The molecular formula is C18H43N3. The minimum Gasteiger partial charge on any atom is -0.314 e. The molecule has 2 rings (SSSR count). The Balaban J connectivity index is 0. The van der Waals surface area contributed by atoms with E-state index < -0.39 is 0 Å². The highest BCUT2D eigenvalue weighted by Crippen LogP contribution is 2.18. The molecule has 2 heterocycles. The molecule has 2 saturated heterocycles. The molecule has 21 heavy (non-hydrogen) atoms. The van der Waals surface area contributed by atoms with Gasteiger partial charge in [-0.3, -0.25) is 0 Å². The summed E-state index contributed by atoms with van der Waals surface area (Å²) in [6, 6.07) is 0. The highest BCUT2D eigenvalue weighted by Gasteiger charge is 2.21. The molecule has 0 spiro atoms. The van der Waals surface area contributed by atoms with Gasteiger partial charge in [0.1, 0.15) is 0 Å². The molecule has 0 aromatic rings. The van der Waals surface area contributed by atoms with Crippen molar-refractivity contribution in [2.75, 3.05) is 52.4 Å². The second-order valence-corrected chi connectivity index (χ2v) is 4.93. The monoisotopic (exact) mass is 301 g/mol. The van der Waals surface area contributed by atoms with Gasteiger partial charge in [-0.25, -0.2) is 0 Å². The van der Waals surface area contributed by atoms with Crippen LogP contribution in [0.4, 0.5) is 0 Å². The van der Waals surface area contributed by atoms with Gasteiger partial charge >= 0.3 is 0 Å². The summed E-state index contributed by atoms with van der Waals surface area (Å²) in [5, 5.41) is 3.42. The average molecular weight is 302 g/mol. The van der Waals surface area contributed by atoms with Crippen LogP contribution in [0.3, 0.4) is 0 Å². The zero-order valence-corrected chi connectivity index (χ0v) is 16.0. The Bertz CT molecular complexity index is 171. The Kier molecular flexibility index (Phi) is 19.8. The molecule has 0 aliphatic carbocycles. The molecule has 3 heteroatoms. The molecule has 2 fully saturated rings. The molecule has 0 aromatic heterocycles. The van der Waals surface area contributed by atoms with Gasteiger partial charge in [-0.2, -0.15) is 0 Å². The molecule has 1 N–H and O–H groups in total. The summed E-state index contributed by atoms with van der Waals surface area (Å²) in [6.07, 6.45) is 2.83. The van der Waals surface area contributed by atoms with Crippen molar-refractivity contribution >= 4 is 0 Å². The lowest BCUT2D eigenvalue weighted by molar-refractivity contribution is 0.139. The number of likely N-dealkylation sites (tertiary alicyclic amines) is 1. The second-order valence-electron chi connectivity index (χ2n) is 4.93. The van der Waals surface area contributed by atoms with E-state index in [4.69, 9.17) is 0 Å². The summed E-state index contributed by atoms with van der Waals surface area (Å²) in [5.74, 6) is 0.964. The Hall–Kier alpha value is -0.120. The van der Waals surface area contributed by atoms with Crippen molar-refractivity contribution in [3.8, 4) is 0 Å². The van der Waals surface area contributed by atoms with Gasteiger partial charge in [0.25, 0.3) is 0 Å². The van der Waals surface area contributed by atoms with E-state index >= 15 is 0 Å². The van der Waals surface area contributed by atoms with Crippen molar-refractivity contribution in [2.24, 2.45) is 5.92 Å². The number of nitrogens with one attached hydrogen (secondary N) is 1. The Labute approximate surface area is 135 Å². The Morgan fingerprint density at radius 1 is 0.762 bits per heavy atom. The number of hydrogen-bond donors (Lipinski definition) is 1.